The Hall–Kier alpha value is -15.7. The molecular weight excluding hydrogens is 1910 g/mol. The van der Waals surface area contributed by atoms with Crippen LogP contribution in [0.1, 0.15) is 115 Å². The fourth-order valence-electron chi connectivity index (χ4n) is 15.9. The quantitative estimate of drug-likeness (QED) is 0.00750. The first-order valence-electron chi connectivity index (χ1n) is 47.3. The molecule has 4 aromatic carbocycles. The van der Waals surface area contributed by atoms with Gasteiger partial charge in [-0.2, -0.15) is 25.3 Å². The van der Waals surface area contributed by atoms with Crippen molar-refractivity contribution < 1.29 is 81.8 Å². The van der Waals surface area contributed by atoms with Crippen LogP contribution in [0.3, 0.4) is 0 Å². The molecule has 0 saturated carbocycles. The third-order valence-electron chi connectivity index (χ3n) is 23.4. The largest absolute Gasteiger partial charge is 0.480 e. The predicted molar refractivity (Wildman–Crippen MR) is 550 cm³/mol. The van der Waals surface area contributed by atoms with Gasteiger partial charge in [0, 0.05) is 132 Å². The van der Waals surface area contributed by atoms with Gasteiger partial charge in [0.2, 0.25) is 88.6 Å². The summed E-state index contributed by atoms with van der Waals surface area (Å²) in [6.45, 7) is 6.05. The minimum absolute atomic E-state index is 0.0182. The number of H-pyrrole nitrogens is 4. The van der Waals surface area contributed by atoms with Crippen LogP contribution < -0.4 is 130 Å². The Bertz CT molecular complexity index is 5900. The van der Waals surface area contributed by atoms with Crippen LogP contribution in [-0.4, -0.2) is 279 Å². The Balaban J connectivity index is 0.925. The molecule has 0 aliphatic carbocycles. The van der Waals surface area contributed by atoms with E-state index in [9.17, 15) is 67.4 Å². The second-order valence-electron chi connectivity index (χ2n) is 35.5. The molecule has 0 radical (unpaired) electrons. The van der Waals surface area contributed by atoms with Crippen molar-refractivity contribution >= 4 is 187 Å². The molecule has 0 saturated heterocycles. The molecule has 13 atom stereocenters. The van der Waals surface area contributed by atoms with E-state index >= 15 is 14.4 Å². The third kappa shape index (κ3) is 36.7. The van der Waals surface area contributed by atoms with Crippen molar-refractivity contribution in [3.63, 3.8) is 0 Å². The van der Waals surface area contributed by atoms with E-state index < -0.39 is 216 Å². The number of carboxylic acid groups (broad SMARTS) is 1. The summed E-state index contributed by atoms with van der Waals surface area (Å²) in [5, 5.41) is 93.1. The molecule has 0 bridgehead atoms. The molecule has 8 rings (SSSR count). The van der Waals surface area contributed by atoms with Gasteiger partial charge in [0.1, 0.15) is 78.5 Å². The molecule has 0 aliphatic heterocycles. The van der Waals surface area contributed by atoms with Gasteiger partial charge in [-0.15, -0.1) is 0 Å². The Morgan fingerprint density at radius 1 is 0.317 bits per heavy atom. The van der Waals surface area contributed by atoms with E-state index in [1.54, 1.807) is 131 Å². The van der Waals surface area contributed by atoms with Gasteiger partial charge in [-0.05, 0) is 123 Å². The van der Waals surface area contributed by atoms with Crippen LogP contribution in [0.4, 0.5) is 0 Å². The lowest BCUT2D eigenvalue weighted by atomic mass is 9.99. The highest BCUT2D eigenvalue weighted by molar-refractivity contribution is 7.80. The topological polar surface area (TPSA) is 811 Å². The minimum atomic E-state index is -1.56. The SMILES string of the molecule is CC(C)C[C@H](NC(=O)[C@H](C)NC(=O)CNC(=O)[C@H](CS)NC(=O)[C@H](CCCNC(=N)N)NC(=O)CNC(=O)[C@H](CS)NC(=O)[C@H](Cc1c[nH]c2ccccc12)NC(=O)[C@H](CCCNC(=N)N)NC(=O)[C@H](Cc1c[nH]c2ccccc12)NC(=O)CN)C(=O)N[C@@H](Cc1c[nH]c2ccccc12)C(=O)N[C@@H](Cc1c[nH]c2ccccc12)C(=O)N[C@@H](CCCNC(=N)N)C(=O)N[C@@H](CCCNC(=N)N)C(=O)N[C@H](C(=O)O)C(C)C. The van der Waals surface area contributed by atoms with E-state index in [1.165, 1.54) is 6.92 Å². The van der Waals surface area contributed by atoms with Crippen LogP contribution in [-0.2, 0) is 102 Å². The molecule has 145 heavy (non-hydrogen) atoms. The normalized spacial score (nSPS) is 13.9. The van der Waals surface area contributed by atoms with Crippen molar-refractivity contribution in [2.45, 2.75) is 197 Å². The van der Waals surface area contributed by atoms with Crippen LogP contribution >= 0.6 is 25.3 Å². The molecule has 0 unspecified atom stereocenters. The van der Waals surface area contributed by atoms with Crippen molar-refractivity contribution in [1.82, 2.24) is 121 Å². The molecule has 51 heteroatoms. The van der Waals surface area contributed by atoms with Crippen molar-refractivity contribution in [1.29, 1.82) is 21.6 Å². The van der Waals surface area contributed by atoms with Gasteiger partial charge in [0.15, 0.2) is 23.8 Å². The number of nitrogens with two attached hydrogens (primary N) is 5. The molecule has 784 valence electrons. The van der Waals surface area contributed by atoms with Gasteiger partial charge >= 0.3 is 5.97 Å². The number of amides is 15. The second-order valence-corrected chi connectivity index (χ2v) is 36.2. The molecule has 0 fully saturated rings. The maximum atomic E-state index is 15.4. The molecule has 4 aromatic heterocycles. The zero-order valence-corrected chi connectivity index (χ0v) is 82.8. The summed E-state index contributed by atoms with van der Waals surface area (Å²) in [5.74, 6) is -18.0. The predicted octanol–water partition coefficient (Wildman–Crippen LogP) is -3.90. The zero-order chi connectivity index (χ0) is 106. The van der Waals surface area contributed by atoms with Crippen LogP contribution in [0, 0.1) is 33.5 Å². The maximum Gasteiger partial charge on any atom is 0.326 e. The number of aromatic nitrogens is 4. The number of para-hydroxylation sites is 4. The first-order chi connectivity index (χ1) is 69.1. The number of guanidine groups is 4. The van der Waals surface area contributed by atoms with Gasteiger partial charge in [0.05, 0.1) is 19.6 Å². The number of carbonyl (C=O) groups is 16. The minimum Gasteiger partial charge on any atom is -0.480 e. The summed E-state index contributed by atoms with van der Waals surface area (Å²) in [6, 6.07) is 9.68. The number of benzene rings is 4. The number of aromatic amines is 4. The highest BCUT2D eigenvalue weighted by Crippen LogP contribution is 2.26. The number of thiol groups is 2. The van der Waals surface area contributed by atoms with Crippen LogP contribution in [0.25, 0.3) is 43.6 Å². The summed E-state index contributed by atoms with van der Waals surface area (Å²) < 4.78 is 0. The van der Waals surface area contributed by atoms with Gasteiger partial charge in [-0.1, -0.05) is 100 Å². The van der Waals surface area contributed by atoms with E-state index in [-0.39, 0.29) is 133 Å². The molecule has 0 spiro atoms. The lowest BCUT2D eigenvalue weighted by Gasteiger charge is -2.28. The molecule has 8 aromatic rings. The summed E-state index contributed by atoms with van der Waals surface area (Å²) in [4.78, 5) is 240. The highest BCUT2D eigenvalue weighted by Gasteiger charge is 2.39. The third-order valence-corrected chi connectivity index (χ3v) is 24.2. The number of hydrogen-bond acceptors (Lipinski definition) is 23. The zero-order valence-electron chi connectivity index (χ0n) is 81.0. The fourth-order valence-corrected chi connectivity index (χ4v) is 16.4. The van der Waals surface area contributed by atoms with E-state index in [0.29, 0.717) is 55.0 Å². The van der Waals surface area contributed by atoms with E-state index in [0.717, 1.165) is 10.9 Å². The van der Waals surface area contributed by atoms with Gasteiger partial charge < -0.3 is 155 Å². The van der Waals surface area contributed by atoms with Crippen molar-refractivity contribution in [3.05, 3.63) is 144 Å². The fraction of sp³-hybridized carbons (Fsp3) is 0.447. The van der Waals surface area contributed by atoms with E-state index in [2.05, 4.69) is 146 Å². The van der Waals surface area contributed by atoms with Crippen molar-refractivity contribution in [2.24, 2.45) is 40.5 Å². The van der Waals surface area contributed by atoms with Crippen molar-refractivity contribution in [2.75, 3.05) is 57.3 Å². The Morgan fingerprint density at radius 2 is 0.572 bits per heavy atom. The number of carboxylic acids is 1. The van der Waals surface area contributed by atoms with Gasteiger partial charge in [0.25, 0.3) is 0 Å². The summed E-state index contributed by atoms with van der Waals surface area (Å²) >= 11 is 8.63. The van der Waals surface area contributed by atoms with E-state index in [1.807, 2.05) is 18.2 Å². The average Bonchev–Trinajstić information content (AvgIpc) is 1.75. The molecular formula is C94H134N32O17S2. The smallest absolute Gasteiger partial charge is 0.326 e. The van der Waals surface area contributed by atoms with Gasteiger partial charge in [-0.25, -0.2) is 4.79 Å². The standard InChI is InChI=1S/C94H134N32O17S2/c1-48(2)34-67(85(137)122-70(37-53-42-110-61-24-12-8-20-57(53)61)88(140)123-69(36-52-41-109-60-23-11-7-19-56(52)60)87(139)119-64(27-15-31-105-92(98)99)82(134)117-66(29-17-33-107-94(102)103)84(136)126-77(49(3)4)90(142)143)120-78(130)50(5)114-75(128)44-112-79(131)72(46-144)124-81(133)63(26-14-30-104-91(96)97)115-76(129)45-113-80(132)73(47-145)125-89(141)71(38-54-43-111-62-25-13-9-21-58(54)62)121-83(135)65(28-16-32-106-93(100)101)118-86(138)68(116-74(127)39-95)35-51-40-108-59-22-10-6-18-55(51)59/h6-13,18-25,40-43,48-50,63-73,77,108-111,144-145H,14-17,26-39,44-47,95H2,1-5H3,(H,112,131)(H,113,132)(H,114,128)(H,115,129)(H,116,127)(H,117,134)(H,118,138)(H,119,139)(H,120,130)(H,121,135)(H,122,137)(H,123,140)(H,124,133)(H,125,141)(H,126,136)(H,142,143)(H4,96,97,104)(H4,98,99,105)(H4,100,101,106)(H4,102,103,107)/t50-,63-,64-,65-,66-,67-,68-,69-,70-,71-,72-,73-,77-/m0/s1. The summed E-state index contributed by atoms with van der Waals surface area (Å²) in [5.41, 5.74) is 32.9. The number of nitrogens with one attached hydrogen (secondary N) is 27. The number of carbonyl (C=O) groups excluding carboxylic acids is 15. The molecule has 4 heterocycles. The second kappa shape index (κ2) is 57.4. The van der Waals surface area contributed by atoms with Crippen molar-refractivity contribution in [3.8, 4) is 0 Å². The highest BCUT2D eigenvalue weighted by atomic mass is 32.1. The molecule has 38 N–H and O–H groups in total. The first-order valence-corrected chi connectivity index (χ1v) is 48.5. The number of fused-ring (bicyclic) bond motifs is 4. The average molecular weight is 2050 g/mol. The summed E-state index contributed by atoms with van der Waals surface area (Å²) in [6.07, 6.45) is 5.71. The Kier molecular flexibility index (Phi) is 45.4. The molecule has 15 amide bonds. The van der Waals surface area contributed by atoms with Crippen LogP contribution in [0.2, 0.25) is 0 Å². The Morgan fingerprint density at radius 3 is 0.862 bits per heavy atom. The lowest BCUT2D eigenvalue weighted by Crippen LogP contribution is -2.60. The van der Waals surface area contributed by atoms with Crippen LogP contribution in [0.15, 0.2) is 122 Å². The number of hydrogen-bond donors (Lipinski definition) is 35. The maximum absolute atomic E-state index is 15.4. The van der Waals surface area contributed by atoms with E-state index in [4.69, 9.17) is 50.3 Å². The number of rotatable bonds is 60. The Labute approximate surface area is 845 Å². The molecule has 49 nitrogen and oxygen atoms in total. The van der Waals surface area contributed by atoms with Crippen LogP contribution in [0.5, 0.6) is 0 Å². The monoisotopic (exact) mass is 2050 g/mol. The van der Waals surface area contributed by atoms with Gasteiger partial charge in [-0.3, -0.25) is 93.6 Å². The lowest BCUT2D eigenvalue weighted by molar-refractivity contribution is -0.143. The first kappa shape index (κ1) is 115. The summed E-state index contributed by atoms with van der Waals surface area (Å²) in [7, 11) is 0. The molecule has 0 aliphatic rings. The number of aliphatic carboxylic acids is 1.